The van der Waals surface area contributed by atoms with Gasteiger partial charge in [-0.2, -0.15) is 4.98 Å². The molecule has 0 unspecified atom stereocenters. The smallest absolute Gasteiger partial charge is 0.260 e. The van der Waals surface area contributed by atoms with Crippen LogP contribution in [0.5, 0.6) is 0 Å². The molecule has 0 aliphatic carbocycles. The van der Waals surface area contributed by atoms with Crippen molar-refractivity contribution >= 4 is 23.7 Å². The van der Waals surface area contributed by atoms with Crippen molar-refractivity contribution in [1.82, 2.24) is 14.8 Å². The number of hydrogen-bond acceptors (Lipinski definition) is 5. The molecule has 1 fully saturated rings. The zero-order chi connectivity index (χ0) is 20.0. The number of imide groups is 1. The third kappa shape index (κ3) is 3.08. The van der Waals surface area contributed by atoms with Crippen LogP contribution >= 0.6 is 0 Å². The van der Waals surface area contributed by atoms with Gasteiger partial charge >= 0.3 is 0 Å². The highest BCUT2D eigenvalue weighted by molar-refractivity contribution is 6.18. The van der Waals surface area contributed by atoms with E-state index in [9.17, 15) is 9.59 Å². The lowest BCUT2D eigenvalue weighted by atomic mass is 9.93. The Kier molecular flexibility index (Phi) is 4.16. The molecule has 29 heavy (non-hydrogen) atoms. The molecule has 0 bridgehead atoms. The van der Waals surface area contributed by atoms with Crippen LogP contribution in [0.4, 0.5) is 11.9 Å². The fourth-order valence-electron chi connectivity index (χ4n) is 4.03. The Labute approximate surface area is 168 Å². The van der Waals surface area contributed by atoms with Gasteiger partial charge in [-0.05, 0) is 24.5 Å². The lowest BCUT2D eigenvalue weighted by Crippen LogP contribution is -2.30. The normalized spacial score (nSPS) is 21.2. The van der Waals surface area contributed by atoms with Crippen molar-refractivity contribution < 1.29 is 9.59 Å². The number of rotatable bonds is 3. The van der Waals surface area contributed by atoms with Crippen LogP contribution in [-0.4, -0.2) is 26.6 Å². The van der Waals surface area contributed by atoms with Gasteiger partial charge in [-0.25, -0.2) is 9.58 Å². The van der Waals surface area contributed by atoms with Crippen LogP contribution in [0.3, 0.4) is 0 Å². The first-order valence-electron chi connectivity index (χ1n) is 9.80. The first kappa shape index (κ1) is 17.6. The summed E-state index contributed by atoms with van der Waals surface area (Å²) in [5.41, 5.74) is 3.49. The molecule has 3 aromatic rings. The van der Waals surface area contributed by atoms with E-state index in [2.05, 4.69) is 58.7 Å². The maximum atomic E-state index is 12.2. The number of aromatic nitrogens is 3. The van der Waals surface area contributed by atoms with Crippen LogP contribution in [0.15, 0.2) is 54.6 Å². The van der Waals surface area contributed by atoms with Gasteiger partial charge in [0.1, 0.15) is 0 Å². The van der Waals surface area contributed by atoms with E-state index in [1.807, 2.05) is 18.2 Å². The number of hydrogen-bond donors (Lipinski definition) is 1. The molecule has 7 nitrogen and oxygen atoms in total. The lowest BCUT2D eigenvalue weighted by molar-refractivity contribution is -0.121. The molecule has 3 heterocycles. The molecule has 1 aromatic heterocycles. The average Bonchev–Trinajstić information content (AvgIpc) is 3.30. The first-order valence-corrected chi connectivity index (χ1v) is 9.80. The fraction of sp³-hybridized carbons (Fsp3) is 0.273. The summed E-state index contributed by atoms with van der Waals surface area (Å²) in [6, 6.07) is 18.6. The highest BCUT2D eigenvalue weighted by atomic mass is 16.2. The number of aryl methyl sites for hydroxylation is 1. The number of anilines is 2. The van der Waals surface area contributed by atoms with Gasteiger partial charge in [0.2, 0.25) is 17.8 Å². The Morgan fingerprint density at radius 3 is 2.31 bits per heavy atom. The predicted molar refractivity (Wildman–Crippen MR) is 108 cm³/mol. The van der Waals surface area contributed by atoms with Crippen LogP contribution in [0, 0.1) is 6.92 Å². The molecule has 2 aromatic carbocycles. The number of nitrogens with zero attached hydrogens (tertiary/aromatic N) is 4. The maximum Gasteiger partial charge on any atom is 0.260 e. The van der Waals surface area contributed by atoms with Crippen molar-refractivity contribution in [2.75, 3.05) is 10.2 Å². The summed E-state index contributed by atoms with van der Waals surface area (Å²) in [6.45, 7) is 2.07. The summed E-state index contributed by atoms with van der Waals surface area (Å²) < 4.78 is 1.80. The van der Waals surface area contributed by atoms with Gasteiger partial charge in [-0.3, -0.25) is 9.59 Å². The minimum Gasteiger partial charge on any atom is -0.347 e. The Bertz CT molecular complexity index is 1060. The van der Waals surface area contributed by atoms with Gasteiger partial charge < -0.3 is 5.32 Å². The van der Waals surface area contributed by atoms with E-state index in [0.29, 0.717) is 5.95 Å². The molecular formula is C22H21N5O2. The summed E-state index contributed by atoms with van der Waals surface area (Å²) in [4.78, 5) is 30.0. The van der Waals surface area contributed by atoms with E-state index in [1.165, 1.54) is 11.1 Å². The Balaban J connectivity index is 1.57. The minimum atomic E-state index is -0.246. The van der Waals surface area contributed by atoms with Gasteiger partial charge in [0.25, 0.3) is 5.95 Å². The van der Waals surface area contributed by atoms with E-state index in [1.54, 1.807) is 4.68 Å². The molecular weight excluding hydrogens is 366 g/mol. The molecule has 2 amide bonds. The van der Waals surface area contributed by atoms with E-state index in [0.717, 1.165) is 16.9 Å². The van der Waals surface area contributed by atoms with Gasteiger partial charge in [0.15, 0.2) is 0 Å². The number of amides is 2. The number of benzene rings is 2. The van der Waals surface area contributed by atoms with Crippen molar-refractivity contribution in [3.05, 3.63) is 71.3 Å². The van der Waals surface area contributed by atoms with Gasteiger partial charge in [-0.1, -0.05) is 60.2 Å². The molecule has 0 radical (unpaired) electrons. The number of carbonyl (C=O) groups excluding carboxylic acids is 2. The highest BCUT2D eigenvalue weighted by Crippen LogP contribution is 2.39. The van der Waals surface area contributed by atoms with Crippen LogP contribution in [0.1, 0.15) is 48.0 Å². The van der Waals surface area contributed by atoms with Crippen molar-refractivity contribution in [2.24, 2.45) is 0 Å². The van der Waals surface area contributed by atoms with E-state index in [-0.39, 0.29) is 42.7 Å². The predicted octanol–water partition coefficient (Wildman–Crippen LogP) is 3.39. The molecule has 1 N–H and O–H groups in total. The van der Waals surface area contributed by atoms with Gasteiger partial charge in [0.05, 0.1) is 12.1 Å². The second-order valence-electron chi connectivity index (χ2n) is 7.57. The summed E-state index contributed by atoms with van der Waals surface area (Å²) in [7, 11) is 0. The Morgan fingerprint density at radius 2 is 1.62 bits per heavy atom. The summed E-state index contributed by atoms with van der Waals surface area (Å²) in [5.74, 6) is 0.234. The minimum absolute atomic E-state index is 0.0483. The molecule has 146 valence electrons. The van der Waals surface area contributed by atoms with Crippen molar-refractivity contribution in [2.45, 2.75) is 38.3 Å². The van der Waals surface area contributed by atoms with Crippen molar-refractivity contribution in [3.63, 3.8) is 0 Å². The zero-order valence-electron chi connectivity index (χ0n) is 16.1. The molecule has 2 aliphatic heterocycles. The van der Waals surface area contributed by atoms with Crippen molar-refractivity contribution in [1.29, 1.82) is 0 Å². The molecule has 0 saturated carbocycles. The summed E-state index contributed by atoms with van der Waals surface area (Å²) in [6.07, 6.45) is 1.21. The van der Waals surface area contributed by atoms with Crippen LogP contribution in [0.25, 0.3) is 0 Å². The number of nitrogens with one attached hydrogen (secondary N) is 1. The van der Waals surface area contributed by atoms with Crippen LogP contribution < -0.4 is 10.2 Å². The standard InChI is InChI=1S/C22H21N5O2/c1-14-7-9-15(10-8-14)17-13-18(16-5-3-2-4-6-16)27-21(23-17)24-22(25-27)26-19(28)11-12-20(26)29/h2-10,17-18H,11-13H2,1H3,(H,23,24,25)/t17-,18-/m0/s1. The molecule has 5 rings (SSSR count). The molecule has 0 spiro atoms. The average molecular weight is 387 g/mol. The largest absolute Gasteiger partial charge is 0.347 e. The second kappa shape index (κ2) is 6.84. The lowest BCUT2D eigenvalue weighted by Gasteiger charge is -2.31. The van der Waals surface area contributed by atoms with Crippen LogP contribution in [-0.2, 0) is 9.59 Å². The van der Waals surface area contributed by atoms with Crippen molar-refractivity contribution in [3.8, 4) is 0 Å². The SMILES string of the molecule is Cc1ccc([C@@H]2C[C@@H](c3ccccc3)n3nc(N4C(=O)CCC4=O)nc3N2)cc1. The third-order valence-electron chi connectivity index (χ3n) is 5.59. The van der Waals surface area contributed by atoms with E-state index < -0.39 is 0 Å². The Morgan fingerprint density at radius 1 is 0.931 bits per heavy atom. The number of carbonyl (C=O) groups is 2. The Hall–Kier alpha value is -3.48. The monoisotopic (exact) mass is 387 g/mol. The van der Waals surface area contributed by atoms with E-state index in [4.69, 9.17) is 0 Å². The number of fused-ring (bicyclic) bond motifs is 1. The quantitative estimate of drug-likeness (QED) is 0.697. The highest BCUT2D eigenvalue weighted by Gasteiger charge is 2.37. The van der Waals surface area contributed by atoms with Crippen LogP contribution in [0.2, 0.25) is 0 Å². The molecule has 7 heteroatoms. The molecule has 2 atom stereocenters. The second-order valence-corrected chi connectivity index (χ2v) is 7.57. The zero-order valence-corrected chi connectivity index (χ0v) is 16.1. The first-order chi connectivity index (χ1) is 14.1. The molecule has 2 aliphatic rings. The maximum absolute atomic E-state index is 12.2. The third-order valence-corrected chi connectivity index (χ3v) is 5.59. The molecule has 1 saturated heterocycles. The van der Waals surface area contributed by atoms with Gasteiger partial charge in [0, 0.05) is 12.8 Å². The van der Waals surface area contributed by atoms with Gasteiger partial charge in [-0.15, -0.1) is 5.10 Å². The fourth-order valence-corrected chi connectivity index (χ4v) is 4.03. The topological polar surface area (TPSA) is 80.1 Å². The van der Waals surface area contributed by atoms with E-state index >= 15 is 0 Å². The summed E-state index contributed by atoms with van der Waals surface area (Å²) in [5, 5.41) is 8.01. The summed E-state index contributed by atoms with van der Waals surface area (Å²) >= 11 is 0.